The smallest absolute Gasteiger partial charge is 0.295 e. The van der Waals surface area contributed by atoms with Crippen molar-refractivity contribution >= 4 is 28.4 Å². The Bertz CT molecular complexity index is 1300. The van der Waals surface area contributed by atoms with Gasteiger partial charge in [0.15, 0.2) is 0 Å². The van der Waals surface area contributed by atoms with E-state index in [1.807, 2.05) is 52.0 Å². The highest BCUT2D eigenvalue weighted by atomic mass is 16.5. The van der Waals surface area contributed by atoms with E-state index in [4.69, 9.17) is 9.47 Å². The lowest BCUT2D eigenvalue weighted by atomic mass is 9.93. The summed E-state index contributed by atoms with van der Waals surface area (Å²) in [5.41, 5.74) is 3.96. The lowest BCUT2D eigenvalue weighted by Crippen LogP contribution is -2.31. The fourth-order valence-corrected chi connectivity index (χ4v) is 4.78. The summed E-state index contributed by atoms with van der Waals surface area (Å²) >= 11 is 0. The van der Waals surface area contributed by atoms with Gasteiger partial charge in [-0.25, -0.2) is 0 Å². The number of carbonyl (C=O) groups is 2. The Kier molecular flexibility index (Phi) is 6.98. The lowest BCUT2D eigenvalue weighted by molar-refractivity contribution is -0.140. The average Bonchev–Trinajstić information content (AvgIpc) is 3.27. The number of hydrogen-bond donors (Lipinski definition) is 2. The maximum Gasteiger partial charge on any atom is 0.295 e. The molecule has 1 amide bonds. The van der Waals surface area contributed by atoms with Gasteiger partial charge >= 0.3 is 0 Å². The Labute approximate surface area is 205 Å². The van der Waals surface area contributed by atoms with Gasteiger partial charge in [-0.05, 0) is 63.9 Å². The number of fused-ring (bicyclic) bond motifs is 1. The van der Waals surface area contributed by atoms with E-state index in [-0.39, 0.29) is 17.4 Å². The first-order valence-electron chi connectivity index (χ1n) is 11.9. The second-order valence-corrected chi connectivity index (χ2v) is 9.19. The summed E-state index contributed by atoms with van der Waals surface area (Å²) in [6.45, 7) is 8.49. The highest BCUT2D eigenvalue weighted by Gasteiger charge is 2.47. The third-order valence-corrected chi connectivity index (χ3v) is 6.32. The number of aromatic nitrogens is 1. The van der Waals surface area contributed by atoms with Crippen molar-refractivity contribution in [2.45, 2.75) is 46.3 Å². The second-order valence-electron chi connectivity index (χ2n) is 9.19. The first-order chi connectivity index (χ1) is 16.7. The Morgan fingerprint density at radius 3 is 2.57 bits per heavy atom. The van der Waals surface area contributed by atoms with E-state index in [2.05, 4.69) is 4.98 Å². The number of carbonyl (C=O) groups excluding carboxylic acids is 2. The summed E-state index contributed by atoms with van der Waals surface area (Å²) in [6, 6.07) is 12.3. The number of Topliss-reactive ketones (excluding diaryl/α,β-unsaturated/α-hetero) is 1. The number of aromatic amines is 1. The molecule has 1 aliphatic heterocycles. The number of methoxy groups -OCH3 is 1. The molecular weight excluding hydrogens is 444 g/mol. The molecule has 1 aromatic heterocycles. The number of rotatable bonds is 8. The monoisotopic (exact) mass is 476 g/mol. The molecule has 0 aliphatic carbocycles. The number of ether oxygens (including phenoxy) is 2. The molecule has 1 unspecified atom stereocenters. The van der Waals surface area contributed by atoms with Crippen LogP contribution in [0.1, 0.15) is 48.7 Å². The van der Waals surface area contributed by atoms with Crippen LogP contribution < -0.4 is 4.74 Å². The van der Waals surface area contributed by atoms with Crippen LogP contribution in [0.15, 0.2) is 48.0 Å². The predicted octanol–water partition coefficient (Wildman–Crippen LogP) is 5.03. The van der Waals surface area contributed by atoms with Crippen LogP contribution in [0.25, 0.3) is 16.7 Å². The molecule has 1 fully saturated rings. The SMILES string of the molecule is COCCCN1C(=O)C(=O)/C(=C(/O)c2ccc(OC(C)C)c(C)c2)C1c1c(C)[nH]c2ccccc12. The fraction of sp³-hybridized carbons (Fsp3) is 0.357. The van der Waals surface area contributed by atoms with Crippen LogP contribution in [0.2, 0.25) is 0 Å². The molecular formula is C28H32N2O5. The Morgan fingerprint density at radius 2 is 1.89 bits per heavy atom. The number of aryl methyl sites for hydroxylation is 2. The van der Waals surface area contributed by atoms with Crippen molar-refractivity contribution in [3.63, 3.8) is 0 Å². The number of amides is 1. The summed E-state index contributed by atoms with van der Waals surface area (Å²) < 4.78 is 11.0. The maximum atomic E-state index is 13.3. The van der Waals surface area contributed by atoms with E-state index in [1.54, 1.807) is 30.2 Å². The third kappa shape index (κ3) is 4.56. The minimum absolute atomic E-state index is 0.00965. The minimum Gasteiger partial charge on any atom is -0.507 e. The van der Waals surface area contributed by atoms with Crippen LogP contribution in [0, 0.1) is 13.8 Å². The summed E-state index contributed by atoms with van der Waals surface area (Å²) in [5, 5.41) is 12.3. The molecule has 4 rings (SSSR count). The Balaban J connectivity index is 1.88. The van der Waals surface area contributed by atoms with E-state index < -0.39 is 17.7 Å². The van der Waals surface area contributed by atoms with E-state index in [0.717, 1.165) is 27.7 Å². The molecule has 0 radical (unpaired) electrons. The minimum atomic E-state index is -0.713. The van der Waals surface area contributed by atoms with Gasteiger partial charge in [-0.1, -0.05) is 18.2 Å². The zero-order valence-electron chi connectivity index (χ0n) is 20.8. The van der Waals surface area contributed by atoms with Gasteiger partial charge in [-0.3, -0.25) is 9.59 Å². The number of benzene rings is 2. The highest BCUT2D eigenvalue weighted by Crippen LogP contribution is 2.43. The molecule has 7 nitrogen and oxygen atoms in total. The van der Waals surface area contributed by atoms with Crippen LogP contribution in [-0.4, -0.2) is 53.0 Å². The number of aliphatic hydroxyl groups is 1. The topological polar surface area (TPSA) is 91.9 Å². The quantitative estimate of drug-likeness (QED) is 0.206. The molecule has 184 valence electrons. The molecule has 2 aromatic carbocycles. The molecule has 2 N–H and O–H groups in total. The summed E-state index contributed by atoms with van der Waals surface area (Å²) in [6.07, 6.45) is 0.581. The number of nitrogens with one attached hydrogen (secondary N) is 1. The van der Waals surface area contributed by atoms with Gasteiger partial charge in [-0.2, -0.15) is 0 Å². The van der Waals surface area contributed by atoms with Crippen molar-refractivity contribution < 1.29 is 24.2 Å². The van der Waals surface area contributed by atoms with Gasteiger partial charge in [0.05, 0.1) is 17.7 Å². The Hall–Kier alpha value is -3.58. The molecule has 35 heavy (non-hydrogen) atoms. The first kappa shape index (κ1) is 24.5. The molecule has 3 aromatic rings. The number of nitrogens with zero attached hydrogens (tertiary/aromatic N) is 1. The van der Waals surface area contributed by atoms with Crippen molar-refractivity contribution in [3.05, 3.63) is 70.4 Å². The standard InChI is InChI=1S/C28H32N2O5/c1-16(2)35-22-12-11-19(15-17(22)3)26(31)24-25(30(13-8-14-34-5)28(33)27(24)32)23-18(4)29-21-10-7-6-9-20(21)23/h6-7,9-12,15-16,25,29,31H,8,13-14H2,1-5H3/b26-24+. The summed E-state index contributed by atoms with van der Waals surface area (Å²) in [7, 11) is 1.60. The molecule has 2 heterocycles. The number of hydrogen-bond acceptors (Lipinski definition) is 5. The van der Waals surface area contributed by atoms with Crippen LogP contribution >= 0.6 is 0 Å². The fourth-order valence-electron chi connectivity index (χ4n) is 4.78. The van der Waals surface area contributed by atoms with Crippen LogP contribution in [0.5, 0.6) is 5.75 Å². The van der Waals surface area contributed by atoms with Gasteiger partial charge in [0.1, 0.15) is 11.5 Å². The molecule has 0 spiro atoms. The average molecular weight is 477 g/mol. The first-order valence-corrected chi connectivity index (χ1v) is 11.9. The maximum absolute atomic E-state index is 13.3. The van der Waals surface area contributed by atoms with Crippen molar-refractivity contribution in [2.75, 3.05) is 20.3 Å². The van der Waals surface area contributed by atoms with E-state index in [0.29, 0.717) is 30.9 Å². The van der Waals surface area contributed by atoms with Crippen molar-refractivity contribution in [1.82, 2.24) is 9.88 Å². The number of likely N-dealkylation sites (tertiary alicyclic amines) is 1. The van der Waals surface area contributed by atoms with Crippen molar-refractivity contribution in [3.8, 4) is 5.75 Å². The van der Waals surface area contributed by atoms with Gasteiger partial charge in [0.2, 0.25) is 0 Å². The molecule has 1 atom stereocenters. The second kappa shape index (κ2) is 9.96. The zero-order valence-corrected chi connectivity index (χ0v) is 20.8. The zero-order chi connectivity index (χ0) is 25.3. The third-order valence-electron chi connectivity index (χ3n) is 6.32. The Morgan fingerprint density at radius 1 is 1.14 bits per heavy atom. The number of ketones is 1. The number of H-pyrrole nitrogens is 1. The molecule has 0 bridgehead atoms. The predicted molar refractivity (Wildman–Crippen MR) is 135 cm³/mol. The van der Waals surface area contributed by atoms with Crippen molar-refractivity contribution in [2.24, 2.45) is 0 Å². The highest BCUT2D eigenvalue weighted by molar-refractivity contribution is 6.46. The lowest BCUT2D eigenvalue weighted by Gasteiger charge is -2.25. The van der Waals surface area contributed by atoms with Crippen LogP contribution in [0.4, 0.5) is 0 Å². The molecule has 1 saturated heterocycles. The number of aliphatic hydroxyl groups excluding tert-OH is 1. The van der Waals surface area contributed by atoms with Crippen LogP contribution in [0.3, 0.4) is 0 Å². The molecule has 0 saturated carbocycles. The normalized spacial score (nSPS) is 17.7. The van der Waals surface area contributed by atoms with Gasteiger partial charge in [0, 0.05) is 48.0 Å². The largest absolute Gasteiger partial charge is 0.507 e. The van der Waals surface area contributed by atoms with E-state index >= 15 is 0 Å². The van der Waals surface area contributed by atoms with Gasteiger partial charge < -0.3 is 24.5 Å². The van der Waals surface area contributed by atoms with E-state index in [1.165, 1.54) is 0 Å². The van der Waals surface area contributed by atoms with Crippen LogP contribution in [-0.2, 0) is 14.3 Å². The van der Waals surface area contributed by atoms with Gasteiger partial charge in [0.25, 0.3) is 11.7 Å². The van der Waals surface area contributed by atoms with E-state index in [9.17, 15) is 14.7 Å². The summed E-state index contributed by atoms with van der Waals surface area (Å²) in [4.78, 5) is 31.5. The molecule has 1 aliphatic rings. The van der Waals surface area contributed by atoms with Gasteiger partial charge in [-0.15, -0.1) is 0 Å². The molecule has 7 heteroatoms. The number of para-hydroxylation sites is 1. The summed E-state index contributed by atoms with van der Waals surface area (Å²) in [5.74, 6) is -0.782. The van der Waals surface area contributed by atoms with Crippen molar-refractivity contribution in [1.29, 1.82) is 0 Å².